The van der Waals surface area contributed by atoms with Crippen LogP contribution in [0.15, 0.2) is 59.1 Å². The summed E-state index contributed by atoms with van der Waals surface area (Å²) in [5, 5.41) is 3.75. The van der Waals surface area contributed by atoms with Gasteiger partial charge in [0.2, 0.25) is 0 Å². The number of aromatic nitrogens is 1. The molecular formula is C15H12ClN3O. The van der Waals surface area contributed by atoms with Gasteiger partial charge in [0.05, 0.1) is 6.20 Å². The third-order valence-electron chi connectivity index (χ3n) is 2.77. The van der Waals surface area contributed by atoms with Gasteiger partial charge in [-0.3, -0.25) is 0 Å². The van der Waals surface area contributed by atoms with Crippen molar-refractivity contribution in [3.63, 3.8) is 0 Å². The van der Waals surface area contributed by atoms with Crippen molar-refractivity contribution in [3.8, 4) is 11.3 Å². The van der Waals surface area contributed by atoms with Crippen molar-refractivity contribution in [2.75, 3.05) is 11.1 Å². The van der Waals surface area contributed by atoms with Gasteiger partial charge in [0, 0.05) is 22.0 Å². The number of anilines is 3. The molecule has 0 atom stereocenters. The van der Waals surface area contributed by atoms with Gasteiger partial charge < -0.3 is 15.5 Å². The zero-order valence-electron chi connectivity index (χ0n) is 10.5. The summed E-state index contributed by atoms with van der Waals surface area (Å²) in [4.78, 5) is 4.19. The fourth-order valence-electron chi connectivity index (χ4n) is 1.82. The maximum atomic E-state index is 5.86. The first kappa shape index (κ1) is 12.6. The molecule has 4 nitrogen and oxygen atoms in total. The summed E-state index contributed by atoms with van der Waals surface area (Å²) < 4.78 is 5.65. The van der Waals surface area contributed by atoms with E-state index >= 15 is 0 Å². The molecule has 0 spiro atoms. The molecule has 0 aliphatic rings. The van der Waals surface area contributed by atoms with Crippen molar-refractivity contribution >= 4 is 29.0 Å². The average Bonchev–Trinajstić information content (AvgIpc) is 2.88. The fraction of sp³-hybridized carbons (Fsp3) is 0. The van der Waals surface area contributed by atoms with Crippen LogP contribution >= 0.6 is 11.6 Å². The van der Waals surface area contributed by atoms with Gasteiger partial charge in [-0.15, -0.1) is 0 Å². The maximum Gasteiger partial charge on any atom is 0.299 e. The van der Waals surface area contributed by atoms with Gasteiger partial charge in [-0.1, -0.05) is 17.7 Å². The van der Waals surface area contributed by atoms with E-state index in [0.29, 0.717) is 22.5 Å². The smallest absolute Gasteiger partial charge is 0.299 e. The SMILES string of the molecule is Nc1cccc(Nc2ncc(-c3ccc(Cl)cc3)o2)c1. The Morgan fingerprint density at radius 2 is 1.90 bits per heavy atom. The largest absolute Gasteiger partial charge is 0.423 e. The lowest BCUT2D eigenvalue weighted by molar-refractivity contribution is 0.592. The number of hydrogen-bond acceptors (Lipinski definition) is 4. The molecule has 100 valence electrons. The van der Waals surface area contributed by atoms with Crippen LogP contribution in [0.4, 0.5) is 17.4 Å². The molecule has 20 heavy (non-hydrogen) atoms. The molecule has 0 amide bonds. The Kier molecular flexibility index (Phi) is 3.31. The van der Waals surface area contributed by atoms with Gasteiger partial charge in [-0.05, 0) is 42.5 Å². The molecule has 0 radical (unpaired) electrons. The van der Waals surface area contributed by atoms with Gasteiger partial charge >= 0.3 is 0 Å². The number of nitrogens with two attached hydrogens (primary N) is 1. The number of nitrogen functional groups attached to an aromatic ring is 1. The summed E-state index contributed by atoms with van der Waals surface area (Å²) >= 11 is 5.86. The zero-order chi connectivity index (χ0) is 13.9. The van der Waals surface area contributed by atoms with E-state index in [-0.39, 0.29) is 0 Å². The Bertz CT molecular complexity index is 722. The molecule has 3 N–H and O–H groups in total. The normalized spacial score (nSPS) is 10.4. The number of halogens is 1. The number of rotatable bonds is 3. The minimum absolute atomic E-state index is 0.417. The molecule has 5 heteroatoms. The number of nitrogens with one attached hydrogen (secondary N) is 1. The topological polar surface area (TPSA) is 64.1 Å². The van der Waals surface area contributed by atoms with Gasteiger partial charge in [0.15, 0.2) is 5.76 Å². The van der Waals surface area contributed by atoms with Crippen LogP contribution in [0.2, 0.25) is 5.02 Å². The Morgan fingerprint density at radius 1 is 1.10 bits per heavy atom. The van der Waals surface area contributed by atoms with Crippen LogP contribution in [0, 0.1) is 0 Å². The Balaban J connectivity index is 1.82. The van der Waals surface area contributed by atoms with Crippen LogP contribution in [0.1, 0.15) is 0 Å². The third kappa shape index (κ3) is 2.75. The summed E-state index contributed by atoms with van der Waals surface area (Å²) in [5.74, 6) is 0.674. The second-order valence-electron chi connectivity index (χ2n) is 4.29. The molecule has 0 saturated carbocycles. The monoisotopic (exact) mass is 285 g/mol. The number of nitrogens with zero attached hydrogens (tertiary/aromatic N) is 1. The van der Waals surface area contributed by atoms with Gasteiger partial charge in [-0.2, -0.15) is 0 Å². The van der Waals surface area contributed by atoms with Gasteiger partial charge in [0.1, 0.15) is 0 Å². The van der Waals surface area contributed by atoms with E-state index in [4.69, 9.17) is 21.8 Å². The number of oxazole rings is 1. The van der Waals surface area contributed by atoms with E-state index in [2.05, 4.69) is 10.3 Å². The molecule has 0 saturated heterocycles. The number of hydrogen-bond donors (Lipinski definition) is 2. The van der Waals surface area contributed by atoms with E-state index in [1.807, 2.05) is 48.5 Å². The lowest BCUT2D eigenvalue weighted by atomic mass is 10.2. The molecule has 2 aromatic carbocycles. The molecule has 0 bridgehead atoms. The first-order chi connectivity index (χ1) is 9.70. The zero-order valence-corrected chi connectivity index (χ0v) is 11.3. The molecule has 0 fully saturated rings. The molecule has 1 aromatic heterocycles. The molecule has 0 aliphatic carbocycles. The summed E-state index contributed by atoms with van der Waals surface area (Å²) in [6.45, 7) is 0. The predicted molar refractivity (Wildman–Crippen MR) is 81.1 cm³/mol. The van der Waals surface area contributed by atoms with Crippen LogP contribution in [0.25, 0.3) is 11.3 Å². The standard InChI is InChI=1S/C15H12ClN3O/c16-11-6-4-10(5-7-11)14-9-18-15(20-14)19-13-3-1-2-12(17)8-13/h1-9H,17H2,(H,18,19). The molecule has 3 aromatic rings. The average molecular weight is 286 g/mol. The predicted octanol–water partition coefficient (Wildman–Crippen LogP) is 4.32. The summed E-state index contributed by atoms with van der Waals surface area (Å²) in [6, 6.07) is 15.2. The van der Waals surface area contributed by atoms with Crippen molar-refractivity contribution in [2.45, 2.75) is 0 Å². The molecule has 0 aliphatic heterocycles. The van der Waals surface area contributed by atoms with Crippen molar-refractivity contribution in [3.05, 3.63) is 59.8 Å². The summed E-state index contributed by atoms with van der Waals surface area (Å²) in [6.07, 6.45) is 1.66. The lowest BCUT2D eigenvalue weighted by Gasteiger charge is -2.02. The van der Waals surface area contributed by atoms with Gasteiger partial charge in [-0.25, -0.2) is 4.98 Å². The fourth-order valence-corrected chi connectivity index (χ4v) is 1.95. The Hall–Kier alpha value is -2.46. The van der Waals surface area contributed by atoms with E-state index in [1.54, 1.807) is 6.20 Å². The first-order valence-corrected chi connectivity index (χ1v) is 6.43. The molecular weight excluding hydrogens is 274 g/mol. The highest BCUT2D eigenvalue weighted by molar-refractivity contribution is 6.30. The Labute approximate surface area is 121 Å². The lowest BCUT2D eigenvalue weighted by Crippen LogP contribution is -1.91. The van der Waals surface area contributed by atoms with Crippen LogP contribution < -0.4 is 11.1 Å². The number of benzene rings is 2. The second kappa shape index (κ2) is 5.27. The molecule has 3 rings (SSSR count). The van der Waals surface area contributed by atoms with E-state index in [9.17, 15) is 0 Å². The van der Waals surface area contributed by atoms with Crippen molar-refractivity contribution in [1.82, 2.24) is 4.98 Å². The van der Waals surface area contributed by atoms with Crippen molar-refractivity contribution in [2.24, 2.45) is 0 Å². The quantitative estimate of drug-likeness (QED) is 0.703. The third-order valence-corrected chi connectivity index (χ3v) is 3.02. The van der Waals surface area contributed by atoms with Crippen molar-refractivity contribution < 1.29 is 4.42 Å². The van der Waals surface area contributed by atoms with Crippen LogP contribution in [0.5, 0.6) is 0 Å². The first-order valence-electron chi connectivity index (χ1n) is 6.05. The maximum absolute atomic E-state index is 5.86. The van der Waals surface area contributed by atoms with E-state index < -0.39 is 0 Å². The van der Waals surface area contributed by atoms with Crippen LogP contribution in [0.3, 0.4) is 0 Å². The van der Waals surface area contributed by atoms with Crippen molar-refractivity contribution in [1.29, 1.82) is 0 Å². The Morgan fingerprint density at radius 3 is 2.65 bits per heavy atom. The van der Waals surface area contributed by atoms with Gasteiger partial charge in [0.25, 0.3) is 6.01 Å². The van der Waals surface area contributed by atoms with Crippen LogP contribution in [-0.2, 0) is 0 Å². The molecule has 0 unspecified atom stereocenters. The highest BCUT2D eigenvalue weighted by atomic mass is 35.5. The van der Waals surface area contributed by atoms with Crippen LogP contribution in [-0.4, -0.2) is 4.98 Å². The summed E-state index contributed by atoms with van der Waals surface area (Å²) in [7, 11) is 0. The summed E-state index contributed by atoms with van der Waals surface area (Å²) in [5.41, 5.74) is 8.15. The van der Waals surface area contributed by atoms with E-state index in [1.165, 1.54) is 0 Å². The van der Waals surface area contributed by atoms with E-state index in [0.717, 1.165) is 11.3 Å². The second-order valence-corrected chi connectivity index (χ2v) is 4.72. The minimum atomic E-state index is 0.417. The highest BCUT2D eigenvalue weighted by Crippen LogP contribution is 2.25. The molecule has 1 heterocycles. The minimum Gasteiger partial charge on any atom is -0.423 e. The highest BCUT2D eigenvalue weighted by Gasteiger charge is 2.06.